The van der Waals surface area contributed by atoms with Crippen LogP contribution < -0.4 is 5.32 Å². The summed E-state index contributed by atoms with van der Waals surface area (Å²) < 4.78 is 11.7. The van der Waals surface area contributed by atoms with Gasteiger partial charge in [0.1, 0.15) is 0 Å². The van der Waals surface area contributed by atoms with Gasteiger partial charge in [0, 0.05) is 18.1 Å². The molecule has 2 unspecified atom stereocenters. The molecule has 0 heterocycles. The Bertz CT molecular complexity index is 251. The maximum Gasteiger partial charge on any atom is 0.0704 e. The Kier molecular flexibility index (Phi) is 6.11. The highest BCUT2D eigenvalue weighted by Gasteiger charge is 2.56. The van der Waals surface area contributed by atoms with Gasteiger partial charge in [0.25, 0.3) is 0 Å². The number of unbranched alkanes of at least 4 members (excludes halogenated alkanes) is 1. The Morgan fingerprint density at radius 3 is 2.58 bits per heavy atom. The lowest BCUT2D eigenvalue weighted by molar-refractivity contribution is -0.141. The minimum atomic E-state index is 0.458. The van der Waals surface area contributed by atoms with Gasteiger partial charge in [-0.05, 0) is 32.2 Å². The fraction of sp³-hybridized carbons (Fsp3) is 1.00. The first-order valence-corrected chi connectivity index (χ1v) is 8.26. The lowest BCUT2D eigenvalue weighted by atomic mass is 9.60. The predicted molar refractivity (Wildman–Crippen MR) is 78.4 cm³/mol. The Labute approximate surface area is 118 Å². The van der Waals surface area contributed by atoms with Gasteiger partial charge >= 0.3 is 0 Å². The van der Waals surface area contributed by atoms with Gasteiger partial charge < -0.3 is 14.8 Å². The monoisotopic (exact) mass is 269 g/mol. The molecule has 2 saturated carbocycles. The third-order valence-corrected chi connectivity index (χ3v) is 4.96. The van der Waals surface area contributed by atoms with Gasteiger partial charge in [0.05, 0.1) is 19.3 Å². The first-order valence-electron chi connectivity index (χ1n) is 8.26. The van der Waals surface area contributed by atoms with E-state index < -0.39 is 0 Å². The summed E-state index contributed by atoms with van der Waals surface area (Å²) in [6.07, 6.45) is 9.52. The molecular formula is C16H31NO2. The quantitative estimate of drug-likeness (QED) is 0.652. The normalized spacial score (nSPS) is 28.7. The Balaban J connectivity index is 1.66. The van der Waals surface area contributed by atoms with E-state index in [4.69, 9.17) is 9.47 Å². The number of hydrogen-bond acceptors (Lipinski definition) is 3. The molecule has 3 heteroatoms. The van der Waals surface area contributed by atoms with Crippen LogP contribution >= 0.6 is 0 Å². The molecule has 2 aliphatic carbocycles. The summed E-state index contributed by atoms with van der Waals surface area (Å²) in [6, 6.07) is 0.700. The van der Waals surface area contributed by atoms with E-state index in [9.17, 15) is 0 Å². The fourth-order valence-corrected chi connectivity index (χ4v) is 3.82. The summed E-state index contributed by atoms with van der Waals surface area (Å²) in [7, 11) is 0. The molecule has 1 N–H and O–H groups in total. The molecule has 19 heavy (non-hydrogen) atoms. The van der Waals surface area contributed by atoms with Crippen molar-refractivity contribution in [3.63, 3.8) is 0 Å². The Morgan fingerprint density at radius 2 is 1.89 bits per heavy atom. The van der Waals surface area contributed by atoms with Gasteiger partial charge in [-0.3, -0.25) is 0 Å². The van der Waals surface area contributed by atoms with Crippen molar-refractivity contribution in [2.24, 2.45) is 5.41 Å². The van der Waals surface area contributed by atoms with Gasteiger partial charge in [-0.25, -0.2) is 0 Å². The molecule has 0 amide bonds. The smallest absolute Gasteiger partial charge is 0.0704 e. The van der Waals surface area contributed by atoms with E-state index in [1.165, 1.54) is 38.5 Å². The van der Waals surface area contributed by atoms with Crippen LogP contribution in [0.2, 0.25) is 0 Å². The minimum absolute atomic E-state index is 0.458. The molecule has 2 aliphatic rings. The zero-order valence-electron chi connectivity index (χ0n) is 12.7. The van der Waals surface area contributed by atoms with E-state index in [0.29, 0.717) is 17.6 Å². The summed E-state index contributed by atoms with van der Waals surface area (Å²) in [6.45, 7) is 7.90. The third-order valence-electron chi connectivity index (χ3n) is 4.96. The number of rotatable bonds is 9. The van der Waals surface area contributed by atoms with Crippen LogP contribution in [0.5, 0.6) is 0 Å². The maximum atomic E-state index is 6.11. The summed E-state index contributed by atoms with van der Waals surface area (Å²) in [5.41, 5.74) is 0.458. The van der Waals surface area contributed by atoms with Crippen LogP contribution in [-0.2, 0) is 9.47 Å². The Hall–Kier alpha value is -0.120. The molecule has 0 aromatic rings. The zero-order valence-corrected chi connectivity index (χ0v) is 12.7. The van der Waals surface area contributed by atoms with Crippen LogP contribution in [-0.4, -0.2) is 38.5 Å². The van der Waals surface area contributed by atoms with Crippen LogP contribution in [0.25, 0.3) is 0 Å². The van der Waals surface area contributed by atoms with E-state index >= 15 is 0 Å². The van der Waals surface area contributed by atoms with E-state index in [1.54, 1.807) is 0 Å². The van der Waals surface area contributed by atoms with Gasteiger partial charge in [-0.2, -0.15) is 0 Å². The second-order valence-corrected chi connectivity index (χ2v) is 6.11. The highest BCUT2D eigenvalue weighted by molar-refractivity contribution is 5.09. The van der Waals surface area contributed by atoms with Crippen LogP contribution in [0.15, 0.2) is 0 Å². The van der Waals surface area contributed by atoms with Gasteiger partial charge in [0.2, 0.25) is 0 Å². The van der Waals surface area contributed by atoms with Gasteiger partial charge in [0.15, 0.2) is 0 Å². The van der Waals surface area contributed by atoms with Crippen molar-refractivity contribution in [2.75, 3.05) is 26.4 Å². The molecule has 2 rings (SSSR count). The molecule has 0 radical (unpaired) electrons. The second kappa shape index (κ2) is 7.61. The molecular weight excluding hydrogens is 238 g/mol. The number of ether oxygens (including phenoxy) is 2. The highest BCUT2D eigenvalue weighted by Crippen LogP contribution is 2.54. The first-order chi connectivity index (χ1) is 9.33. The fourth-order valence-electron chi connectivity index (χ4n) is 3.82. The zero-order chi connectivity index (χ0) is 13.6. The average molecular weight is 269 g/mol. The van der Waals surface area contributed by atoms with Crippen molar-refractivity contribution in [3.05, 3.63) is 0 Å². The molecule has 0 aromatic heterocycles. The van der Waals surface area contributed by atoms with Crippen molar-refractivity contribution in [1.29, 1.82) is 0 Å². The molecule has 0 saturated heterocycles. The summed E-state index contributed by atoms with van der Waals surface area (Å²) in [5, 5.41) is 3.65. The first kappa shape index (κ1) is 15.3. The Morgan fingerprint density at radius 1 is 1.11 bits per heavy atom. The average Bonchev–Trinajstić information content (AvgIpc) is 2.92. The van der Waals surface area contributed by atoms with Crippen molar-refractivity contribution in [1.82, 2.24) is 5.32 Å². The molecule has 0 aromatic carbocycles. The summed E-state index contributed by atoms with van der Waals surface area (Å²) in [4.78, 5) is 0. The molecule has 112 valence electrons. The largest absolute Gasteiger partial charge is 0.379 e. The van der Waals surface area contributed by atoms with E-state index in [1.807, 2.05) is 0 Å². The van der Waals surface area contributed by atoms with E-state index in [2.05, 4.69) is 19.2 Å². The van der Waals surface area contributed by atoms with Crippen molar-refractivity contribution < 1.29 is 9.47 Å². The van der Waals surface area contributed by atoms with Crippen molar-refractivity contribution >= 4 is 0 Å². The lowest BCUT2D eigenvalue weighted by Gasteiger charge is -2.54. The van der Waals surface area contributed by atoms with Gasteiger partial charge in [-0.1, -0.05) is 33.1 Å². The van der Waals surface area contributed by atoms with Crippen molar-refractivity contribution in [2.45, 2.75) is 70.9 Å². The molecule has 2 fully saturated rings. The number of hydrogen-bond donors (Lipinski definition) is 1. The van der Waals surface area contributed by atoms with Crippen LogP contribution in [0.1, 0.15) is 58.8 Å². The van der Waals surface area contributed by atoms with Crippen LogP contribution in [0.3, 0.4) is 0 Å². The maximum absolute atomic E-state index is 6.11. The SMILES string of the molecule is CCCCOCCOC1CC(NCC)C12CCCC2. The van der Waals surface area contributed by atoms with Crippen LogP contribution in [0.4, 0.5) is 0 Å². The standard InChI is InChI=1S/C16H31NO2/c1-3-5-10-18-11-12-19-15-13-14(17-4-2)16(15)8-6-7-9-16/h14-15,17H,3-13H2,1-2H3. The van der Waals surface area contributed by atoms with Crippen molar-refractivity contribution in [3.8, 4) is 0 Å². The molecule has 3 nitrogen and oxygen atoms in total. The second-order valence-electron chi connectivity index (χ2n) is 6.11. The minimum Gasteiger partial charge on any atom is -0.379 e. The summed E-state index contributed by atoms with van der Waals surface area (Å²) >= 11 is 0. The van der Waals surface area contributed by atoms with E-state index in [-0.39, 0.29) is 0 Å². The lowest BCUT2D eigenvalue weighted by Crippen LogP contribution is -2.62. The molecule has 0 bridgehead atoms. The van der Waals surface area contributed by atoms with Crippen LogP contribution in [0, 0.1) is 5.41 Å². The van der Waals surface area contributed by atoms with Gasteiger partial charge in [-0.15, -0.1) is 0 Å². The highest BCUT2D eigenvalue weighted by atomic mass is 16.5. The molecule has 2 atom stereocenters. The molecule has 1 spiro atoms. The molecule has 0 aliphatic heterocycles. The third kappa shape index (κ3) is 3.50. The summed E-state index contributed by atoms with van der Waals surface area (Å²) in [5.74, 6) is 0. The topological polar surface area (TPSA) is 30.5 Å². The predicted octanol–water partition coefficient (Wildman–Crippen LogP) is 3.13. The van der Waals surface area contributed by atoms with E-state index in [0.717, 1.165) is 32.8 Å². The number of nitrogens with one attached hydrogen (secondary N) is 1.